The number of Topliss-reactive ketones (excluding diaryl/α,β-unsaturated/α-hetero) is 1. The molecular formula is C18H27FO. The van der Waals surface area contributed by atoms with Gasteiger partial charge in [-0.25, -0.2) is 4.39 Å². The van der Waals surface area contributed by atoms with Crippen LogP contribution in [0, 0.1) is 12.7 Å². The lowest BCUT2D eigenvalue weighted by molar-refractivity contribution is -0.118. The van der Waals surface area contributed by atoms with Crippen LogP contribution in [0.1, 0.15) is 69.4 Å². The highest BCUT2D eigenvalue weighted by Crippen LogP contribution is 2.13. The van der Waals surface area contributed by atoms with Gasteiger partial charge in [0.1, 0.15) is 11.6 Å². The van der Waals surface area contributed by atoms with Gasteiger partial charge in [-0.3, -0.25) is 4.79 Å². The minimum absolute atomic E-state index is 0.231. The molecule has 1 aromatic rings. The minimum Gasteiger partial charge on any atom is -0.299 e. The number of benzene rings is 1. The molecule has 0 bridgehead atoms. The van der Waals surface area contributed by atoms with Gasteiger partial charge in [-0.15, -0.1) is 0 Å². The maximum absolute atomic E-state index is 13.0. The van der Waals surface area contributed by atoms with E-state index in [0.717, 1.165) is 24.0 Å². The minimum atomic E-state index is -0.231. The number of halogens is 1. The predicted octanol–water partition coefficient (Wildman–Crippen LogP) is 5.39. The first-order valence-corrected chi connectivity index (χ1v) is 7.90. The fourth-order valence-corrected chi connectivity index (χ4v) is 2.44. The van der Waals surface area contributed by atoms with E-state index in [1.807, 2.05) is 6.92 Å². The van der Waals surface area contributed by atoms with Crippen LogP contribution in [0.2, 0.25) is 0 Å². The van der Waals surface area contributed by atoms with Gasteiger partial charge in [-0.05, 0) is 36.6 Å². The molecule has 0 saturated carbocycles. The van der Waals surface area contributed by atoms with Crippen molar-refractivity contribution in [2.75, 3.05) is 0 Å². The summed E-state index contributed by atoms with van der Waals surface area (Å²) in [6.45, 7) is 4.08. The Morgan fingerprint density at radius 1 is 1.05 bits per heavy atom. The molecule has 1 nitrogen and oxygen atoms in total. The molecule has 0 fully saturated rings. The van der Waals surface area contributed by atoms with Gasteiger partial charge in [0.25, 0.3) is 0 Å². The zero-order valence-corrected chi connectivity index (χ0v) is 12.9. The van der Waals surface area contributed by atoms with Crippen molar-refractivity contribution in [2.24, 2.45) is 0 Å². The summed E-state index contributed by atoms with van der Waals surface area (Å²) in [6.07, 6.45) is 9.69. The van der Waals surface area contributed by atoms with E-state index in [4.69, 9.17) is 0 Å². The average molecular weight is 278 g/mol. The summed E-state index contributed by atoms with van der Waals surface area (Å²) in [7, 11) is 0. The first kappa shape index (κ1) is 16.9. The predicted molar refractivity (Wildman–Crippen MR) is 82.5 cm³/mol. The molecule has 0 saturated heterocycles. The summed E-state index contributed by atoms with van der Waals surface area (Å²) in [5.41, 5.74) is 1.83. The van der Waals surface area contributed by atoms with Gasteiger partial charge >= 0.3 is 0 Å². The molecule has 0 aliphatic rings. The maximum atomic E-state index is 13.0. The number of carbonyl (C=O) groups is 1. The van der Waals surface area contributed by atoms with Crippen molar-refractivity contribution in [3.05, 3.63) is 35.1 Å². The maximum Gasteiger partial charge on any atom is 0.137 e. The molecule has 2 heteroatoms. The molecule has 20 heavy (non-hydrogen) atoms. The molecule has 0 spiro atoms. The van der Waals surface area contributed by atoms with E-state index < -0.39 is 0 Å². The molecule has 0 amide bonds. The van der Waals surface area contributed by atoms with E-state index in [9.17, 15) is 9.18 Å². The number of ketones is 1. The highest BCUT2D eigenvalue weighted by molar-refractivity contribution is 5.81. The Balaban J connectivity index is 2.17. The molecule has 1 aromatic carbocycles. The molecule has 0 radical (unpaired) electrons. The van der Waals surface area contributed by atoms with E-state index in [1.165, 1.54) is 44.2 Å². The second kappa shape index (κ2) is 9.68. The van der Waals surface area contributed by atoms with Gasteiger partial charge in [0.15, 0.2) is 0 Å². The molecule has 0 unspecified atom stereocenters. The van der Waals surface area contributed by atoms with Crippen LogP contribution in [0.15, 0.2) is 18.2 Å². The molecule has 1 rings (SSSR count). The summed E-state index contributed by atoms with van der Waals surface area (Å²) in [5.74, 6) is 0.0408. The van der Waals surface area contributed by atoms with Crippen LogP contribution in [0.4, 0.5) is 4.39 Å². The zero-order valence-electron chi connectivity index (χ0n) is 12.9. The molecule has 0 N–H and O–H groups in total. The number of unbranched alkanes of at least 4 members (excludes halogenated alkanes) is 6. The smallest absolute Gasteiger partial charge is 0.137 e. The van der Waals surface area contributed by atoms with E-state index in [1.54, 1.807) is 6.07 Å². The second-order valence-corrected chi connectivity index (χ2v) is 5.66. The molecule has 0 atom stereocenters. The van der Waals surface area contributed by atoms with Crippen molar-refractivity contribution in [1.82, 2.24) is 0 Å². The molecule has 0 aromatic heterocycles. The fraction of sp³-hybridized carbons (Fsp3) is 0.611. The summed E-state index contributed by atoms with van der Waals surface area (Å²) < 4.78 is 13.0. The van der Waals surface area contributed by atoms with Crippen molar-refractivity contribution >= 4 is 5.78 Å². The van der Waals surface area contributed by atoms with Gasteiger partial charge < -0.3 is 0 Å². The van der Waals surface area contributed by atoms with E-state index in [0.29, 0.717) is 12.8 Å². The molecule has 0 heterocycles. The number of rotatable bonds is 10. The Kier molecular flexibility index (Phi) is 8.17. The Labute approximate surface area is 122 Å². The topological polar surface area (TPSA) is 17.1 Å². The quantitative estimate of drug-likeness (QED) is 0.525. The lowest BCUT2D eigenvalue weighted by atomic mass is 10.00. The van der Waals surface area contributed by atoms with Crippen LogP contribution < -0.4 is 0 Å². The monoisotopic (exact) mass is 278 g/mol. The molecular weight excluding hydrogens is 251 g/mol. The van der Waals surface area contributed by atoms with Crippen molar-refractivity contribution in [3.8, 4) is 0 Å². The molecule has 112 valence electrons. The number of hydrogen-bond donors (Lipinski definition) is 0. The van der Waals surface area contributed by atoms with Crippen LogP contribution in [0.3, 0.4) is 0 Å². The lowest BCUT2D eigenvalue weighted by Crippen LogP contribution is -2.04. The number of hydrogen-bond acceptors (Lipinski definition) is 1. The standard InChI is InChI=1S/C18H27FO/c1-3-4-5-6-7-8-9-10-18(20)14-16-11-12-17(19)13-15(16)2/h11-13H,3-10,14H2,1-2H3. The molecule has 0 aliphatic heterocycles. The second-order valence-electron chi connectivity index (χ2n) is 5.66. The third-order valence-electron chi connectivity index (χ3n) is 3.75. The fourth-order valence-electron chi connectivity index (χ4n) is 2.44. The Morgan fingerprint density at radius 2 is 1.70 bits per heavy atom. The van der Waals surface area contributed by atoms with Crippen molar-refractivity contribution < 1.29 is 9.18 Å². The summed E-state index contributed by atoms with van der Waals surface area (Å²) in [5, 5.41) is 0. The lowest BCUT2D eigenvalue weighted by Gasteiger charge is -2.05. The van der Waals surface area contributed by atoms with Gasteiger partial charge in [0.05, 0.1) is 0 Å². The number of aryl methyl sites for hydroxylation is 1. The summed E-state index contributed by atoms with van der Waals surface area (Å²) in [6, 6.07) is 4.66. The third-order valence-corrected chi connectivity index (χ3v) is 3.75. The van der Waals surface area contributed by atoms with Gasteiger partial charge in [-0.2, -0.15) is 0 Å². The highest BCUT2D eigenvalue weighted by atomic mass is 19.1. The van der Waals surface area contributed by atoms with Crippen LogP contribution in [0.25, 0.3) is 0 Å². The molecule has 0 aliphatic carbocycles. The average Bonchev–Trinajstić information content (AvgIpc) is 2.41. The highest BCUT2D eigenvalue weighted by Gasteiger charge is 2.06. The number of carbonyl (C=O) groups excluding carboxylic acids is 1. The first-order valence-electron chi connectivity index (χ1n) is 7.90. The largest absolute Gasteiger partial charge is 0.299 e. The van der Waals surface area contributed by atoms with Crippen LogP contribution in [0.5, 0.6) is 0 Å². The van der Waals surface area contributed by atoms with Crippen LogP contribution in [-0.4, -0.2) is 5.78 Å². The zero-order chi connectivity index (χ0) is 14.8. The van der Waals surface area contributed by atoms with Crippen LogP contribution in [-0.2, 0) is 11.2 Å². The Hall–Kier alpha value is -1.18. The van der Waals surface area contributed by atoms with Crippen molar-refractivity contribution in [1.29, 1.82) is 0 Å². The third kappa shape index (κ3) is 6.83. The Bertz CT molecular complexity index is 412. The van der Waals surface area contributed by atoms with Crippen molar-refractivity contribution in [3.63, 3.8) is 0 Å². The Morgan fingerprint density at radius 3 is 2.35 bits per heavy atom. The normalized spacial score (nSPS) is 10.8. The van der Waals surface area contributed by atoms with Gasteiger partial charge in [0, 0.05) is 12.8 Å². The van der Waals surface area contributed by atoms with Gasteiger partial charge in [-0.1, -0.05) is 51.5 Å². The summed E-state index contributed by atoms with van der Waals surface area (Å²) in [4.78, 5) is 11.9. The SMILES string of the molecule is CCCCCCCCCC(=O)Cc1ccc(F)cc1C. The van der Waals surface area contributed by atoms with Crippen LogP contribution >= 0.6 is 0 Å². The van der Waals surface area contributed by atoms with Crippen molar-refractivity contribution in [2.45, 2.75) is 71.6 Å². The van der Waals surface area contributed by atoms with E-state index in [-0.39, 0.29) is 11.6 Å². The summed E-state index contributed by atoms with van der Waals surface area (Å²) >= 11 is 0. The first-order chi connectivity index (χ1) is 9.63. The van der Waals surface area contributed by atoms with E-state index >= 15 is 0 Å². The van der Waals surface area contributed by atoms with Gasteiger partial charge in [0.2, 0.25) is 0 Å². The van der Waals surface area contributed by atoms with E-state index in [2.05, 4.69) is 6.92 Å².